The van der Waals surface area contributed by atoms with Gasteiger partial charge in [0.05, 0.1) is 5.69 Å². The predicted molar refractivity (Wildman–Crippen MR) is 105 cm³/mol. The monoisotopic (exact) mass is 391 g/mol. The Hall–Kier alpha value is -3.81. The summed E-state index contributed by atoms with van der Waals surface area (Å²) in [7, 11) is 0. The van der Waals surface area contributed by atoms with Gasteiger partial charge in [-0.05, 0) is 42.8 Å². The Morgan fingerprint density at radius 1 is 1.10 bits per heavy atom. The molecule has 4 aromatic rings. The predicted octanol–water partition coefficient (Wildman–Crippen LogP) is 3.01. The maximum absolute atomic E-state index is 12.9. The Morgan fingerprint density at radius 3 is 2.62 bits per heavy atom. The Bertz CT molecular complexity index is 1130. The Balaban J connectivity index is 1.37. The van der Waals surface area contributed by atoms with E-state index in [9.17, 15) is 9.18 Å². The summed E-state index contributed by atoms with van der Waals surface area (Å²) >= 11 is 0. The maximum atomic E-state index is 12.9. The van der Waals surface area contributed by atoms with Crippen molar-refractivity contribution in [3.63, 3.8) is 0 Å². The van der Waals surface area contributed by atoms with Gasteiger partial charge in [-0.3, -0.25) is 4.79 Å². The Kier molecular flexibility index (Phi) is 5.15. The van der Waals surface area contributed by atoms with E-state index in [4.69, 9.17) is 4.74 Å². The highest BCUT2D eigenvalue weighted by atomic mass is 19.1. The molecule has 29 heavy (non-hydrogen) atoms. The lowest BCUT2D eigenvalue weighted by Gasteiger charge is -2.15. The number of fused-ring (bicyclic) bond motifs is 1. The van der Waals surface area contributed by atoms with Crippen molar-refractivity contribution in [1.29, 1.82) is 0 Å². The molecule has 2 heterocycles. The van der Waals surface area contributed by atoms with E-state index in [1.165, 1.54) is 30.6 Å². The molecule has 0 aliphatic carbocycles. The molecule has 1 unspecified atom stereocenters. The lowest BCUT2D eigenvalue weighted by Crippen LogP contribution is -2.35. The molecule has 7 nitrogen and oxygen atoms in total. The number of amides is 1. The molecule has 0 radical (unpaired) electrons. The van der Waals surface area contributed by atoms with Crippen LogP contribution >= 0.6 is 0 Å². The summed E-state index contributed by atoms with van der Waals surface area (Å²) < 4.78 is 20.1. The molecule has 146 valence electrons. The van der Waals surface area contributed by atoms with Crippen LogP contribution in [0.25, 0.3) is 17.0 Å². The fourth-order valence-electron chi connectivity index (χ4n) is 2.85. The fourth-order valence-corrected chi connectivity index (χ4v) is 2.85. The minimum atomic E-state index is -0.697. The highest BCUT2D eigenvalue weighted by molar-refractivity contribution is 5.80. The summed E-state index contributed by atoms with van der Waals surface area (Å²) in [5.74, 6) is 0.371. The first-order chi connectivity index (χ1) is 14.1. The number of carbonyl (C=O) groups excluding carboxylic acids is 1. The van der Waals surface area contributed by atoms with Crippen LogP contribution in [0.4, 0.5) is 4.39 Å². The first kappa shape index (κ1) is 18.5. The lowest BCUT2D eigenvalue weighted by molar-refractivity contribution is -0.127. The zero-order valence-corrected chi connectivity index (χ0v) is 15.6. The molecule has 1 N–H and O–H groups in total. The van der Waals surface area contributed by atoms with Crippen LogP contribution in [0.2, 0.25) is 0 Å². The minimum Gasteiger partial charge on any atom is -0.481 e. The van der Waals surface area contributed by atoms with Crippen LogP contribution < -0.4 is 10.1 Å². The number of nitrogens with zero attached hydrogens (tertiary/aromatic N) is 4. The Labute approximate surface area is 166 Å². The minimum absolute atomic E-state index is 0.253. The van der Waals surface area contributed by atoms with Crippen LogP contribution in [0.5, 0.6) is 5.75 Å². The zero-order chi connectivity index (χ0) is 20.2. The third-order valence-electron chi connectivity index (χ3n) is 4.39. The molecule has 0 saturated heterocycles. The van der Waals surface area contributed by atoms with Crippen LogP contribution in [-0.4, -0.2) is 31.6 Å². The number of carbonyl (C=O) groups is 1. The summed E-state index contributed by atoms with van der Waals surface area (Å²) in [4.78, 5) is 20.5. The number of aromatic nitrogens is 4. The molecule has 0 fully saturated rings. The summed E-state index contributed by atoms with van der Waals surface area (Å²) in [5.41, 5.74) is 2.79. The normalized spacial score (nSPS) is 11.9. The average Bonchev–Trinajstić information content (AvgIpc) is 3.23. The van der Waals surface area contributed by atoms with Crippen molar-refractivity contribution in [2.75, 3.05) is 0 Å². The van der Waals surface area contributed by atoms with Crippen LogP contribution in [0.15, 0.2) is 67.1 Å². The van der Waals surface area contributed by atoms with E-state index in [0.29, 0.717) is 18.1 Å². The number of benzene rings is 2. The first-order valence-corrected chi connectivity index (χ1v) is 9.04. The zero-order valence-electron chi connectivity index (χ0n) is 15.6. The second-order valence-electron chi connectivity index (χ2n) is 6.43. The van der Waals surface area contributed by atoms with E-state index in [0.717, 1.165) is 16.8 Å². The summed E-state index contributed by atoms with van der Waals surface area (Å²) in [6.45, 7) is 2.01. The molecule has 2 aromatic heterocycles. The molecule has 0 aliphatic heterocycles. The standard InChI is InChI=1S/C21H18FN5O2/c1-14(29-18-8-6-17(22)7-9-18)20(28)24-12-15-2-4-16(5-3-15)19-10-11-23-21-25-13-26-27(19)21/h2-11,13-14H,12H2,1H3,(H,24,28). The summed E-state index contributed by atoms with van der Waals surface area (Å²) in [5, 5.41) is 7.03. The van der Waals surface area contributed by atoms with Gasteiger partial charge >= 0.3 is 0 Å². The van der Waals surface area contributed by atoms with E-state index >= 15 is 0 Å². The second-order valence-corrected chi connectivity index (χ2v) is 6.43. The van der Waals surface area contributed by atoms with Crippen molar-refractivity contribution in [3.05, 3.63) is 78.5 Å². The van der Waals surface area contributed by atoms with Gasteiger partial charge in [-0.1, -0.05) is 24.3 Å². The van der Waals surface area contributed by atoms with Gasteiger partial charge in [-0.25, -0.2) is 9.37 Å². The highest BCUT2D eigenvalue weighted by Gasteiger charge is 2.14. The van der Waals surface area contributed by atoms with Crippen LogP contribution in [0, 0.1) is 5.82 Å². The number of ether oxygens (including phenoxy) is 1. The molecule has 4 rings (SSSR count). The van der Waals surface area contributed by atoms with Crippen molar-refractivity contribution in [1.82, 2.24) is 24.9 Å². The van der Waals surface area contributed by atoms with Gasteiger partial charge in [0, 0.05) is 18.3 Å². The van der Waals surface area contributed by atoms with E-state index in [1.54, 1.807) is 17.6 Å². The molecular weight excluding hydrogens is 373 g/mol. The van der Waals surface area contributed by atoms with E-state index in [1.807, 2.05) is 30.3 Å². The van der Waals surface area contributed by atoms with E-state index < -0.39 is 6.10 Å². The highest BCUT2D eigenvalue weighted by Crippen LogP contribution is 2.19. The maximum Gasteiger partial charge on any atom is 0.261 e. The van der Waals surface area contributed by atoms with Crippen molar-refractivity contribution in [2.45, 2.75) is 19.6 Å². The number of hydrogen-bond donors (Lipinski definition) is 1. The smallest absolute Gasteiger partial charge is 0.261 e. The second kappa shape index (κ2) is 8.05. The number of halogens is 1. The quantitative estimate of drug-likeness (QED) is 0.546. The molecule has 0 bridgehead atoms. The third kappa shape index (κ3) is 4.21. The van der Waals surface area contributed by atoms with Crippen molar-refractivity contribution < 1.29 is 13.9 Å². The topological polar surface area (TPSA) is 81.4 Å². The largest absolute Gasteiger partial charge is 0.481 e. The molecular formula is C21H18FN5O2. The van der Waals surface area contributed by atoms with Crippen molar-refractivity contribution in [3.8, 4) is 17.0 Å². The van der Waals surface area contributed by atoms with Crippen molar-refractivity contribution >= 4 is 11.7 Å². The van der Waals surface area contributed by atoms with Crippen LogP contribution in [-0.2, 0) is 11.3 Å². The molecule has 0 aliphatic rings. The third-order valence-corrected chi connectivity index (χ3v) is 4.39. The molecule has 0 spiro atoms. The number of rotatable bonds is 6. The number of nitrogens with one attached hydrogen (secondary N) is 1. The molecule has 1 amide bonds. The molecule has 0 saturated carbocycles. The average molecular weight is 391 g/mol. The van der Waals surface area contributed by atoms with Gasteiger partial charge in [0.15, 0.2) is 6.10 Å². The first-order valence-electron chi connectivity index (χ1n) is 9.04. The van der Waals surface area contributed by atoms with Crippen molar-refractivity contribution in [2.24, 2.45) is 0 Å². The Morgan fingerprint density at radius 2 is 1.86 bits per heavy atom. The van der Waals surface area contributed by atoms with Gasteiger partial charge in [-0.2, -0.15) is 14.6 Å². The SMILES string of the molecule is CC(Oc1ccc(F)cc1)C(=O)NCc1ccc(-c2ccnc3ncnn23)cc1. The summed E-state index contributed by atoms with van der Waals surface area (Å²) in [6.07, 6.45) is 2.46. The molecule has 2 aromatic carbocycles. The molecule has 8 heteroatoms. The van der Waals surface area contributed by atoms with Gasteiger partial charge in [0.25, 0.3) is 11.7 Å². The van der Waals surface area contributed by atoms with Gasteiger partial charge in [0.1, 0.15) is 17.9 Å². The lowest BCUT2D eigenvalue weighted by atomic mass is 10.1. The number of hydrogen-bond acceptors (Lipinski definition) is 5. The van der Waals surface area contributed by atoms with Gasteiger partial charge in [-0.15, -0.1) is 0 Å². The summed E-state index contributed by atoms with van der Waals surface area (Å²) in [6, 6.07) is 15.2. The van der Waals surface area contributed by atoms with Crippen LogP contribution in [0.1, 0.15) is 12.5 Å². The van der Waals surface area contributed by atoms with Gasteiger partial charge in [0.2, 0.25) is 0 Å². The van der Waals surface area contributed by atoms with E-state index in [-0.39, 0.29) is 11.7 Å². The fraction of sp³-hybridized carbons (Fsp3) is 0.143. The molecule has 1 atom stereocenters. The van der Waals surface area contributed by atoms with Crippen LogP contribution in [0.3, 0.4) is 0 Å². The van der Waals surface area contributed by atoms with E-state index in [2.05, 4.69) is 20.4 Å². The van der Waals surface area contributed by atoms with Gasteiger partial charge < -0.3 is 10.1 Å².